The van der Waals surface area contributed by atoms with E-state index in [0.29, 0.717) is 6.01 Å². The van der Waals surface area contributed by atoms with Crippen molar-refractivity contribution in [2.24, 2.45) is 0 Å². The number of fused-ring (bicyclic) bond motifs is 1. The summed E-state index contributed by atoms with van der Waals surface area (Å²) in [5.74, 6) is 0.977. The van der Waals surface area contributed by atoms with Crippen molar-refractivity contribution in [2.45, 2.75) is 39.2 Å². The van der Waals surface area contributed by atoms with Gasteiger partial charge in [0.1, 0.15) is 6.10 Å². The molecule has 0 aliphatic carbocycles. The molecule has 134 valence electrons. The van der Waals surface area contributed by atoms with E-state index < -0.39 is 0 Å². The van der Waals surface area contributed by atoms with E-state index >= 15 is 0 Å². The van der Waals surface area contributed by atoms with E-state index in [1.54, 1.807) is 0 Å². The maximum absolute atomic E-state index is 5.95. The second-order valence-electron chi connectivity index (χ2n) is 6.65. The van der Waals surface area contributed by atoms with Gasteiger partial charge in [-0.2, -0.15) is 0 Å². The normalized spacial score (nSPS) is 15.4. The number of rotatable bonds is 4. The molecule has 6 nitrogen and oxygen atoms in total. The lowest BCUT2D eigenvalue weighted by molar-refractivity contribution is 0.156. The van der Waals surface area contributed by atoms with Crippen molar-refractivity contribution < 1.29 is 4.74 Å². The Morgan fingerprint density at radius 1 is 1.04 bits per heavy atom. The lowest BCUT2D eigenvalue weighted by Gasteiger charge is -2.33. The highest BCUT2D eigenvalue weighted by molar-refractivity contribution is 5.76. The van der Waals surface area contributed by atoms with E-state index in [4.69, 9.17) is 14.7 Å². The number of para-hydroxylation sites is 2. The third kappa shape index (κ3) is 3.45. The van der Waals surface area contributed by atoms with E-state index in [9.17, 15) is 0 Å². The van der Waals surface area contributed by atoms with E-state index in [2.05, 4.69) is 21.8 Å². The first-order valence-corrected chi connectivity index (χ1v) is 9.19. The van der Waals surface area contributed by atoms with E-state index in [1.165, 1.54) is 0 Å². The van der Waals surface area contributed by atoms with Crippen molar-refractivity contribution in [3.05, 3.63) is 47.9 Å². The van der Waals surface area contributed by atoms with Gasteiger partial charge in [0.2, 0.25) is 0 Å². The molecule has 1 fully saturated rings. The molecule has 1 aliphatic heterocycles. The first kappa shape index (κ1) is 16.7. The molecule has 4 rings (SSSR count). The van der Waals surface area contributed by atoms with Crippen LogP contribution in [0.1, 0.15) is 31.0 Å². The second-order valence-corrected chi connectivity index (χ2v) is 6.65. The zero-order chi connectivity index (χ0) is 17.9. The summed E-state index contributed by atoms with van der Waals surface area (Å²) in [5, 5.41) is 0. The minimum absolute atomic E-state index is 0.146. The van der Waals surface area contributed by atoms with Crippen LogP contribution < -0.4 is 9.64 Å². The maximum atomic E-state index is 5.95. The van der Waals surface area contributed by atoms with Crippen molar-refractivity contribution in [3.63, 3.8) is 0 Å². The number of benzene rings is 1. The summed E-state index contributed by atoms with van der Waals surface area (Å²) in [6.07, 6.45) is 6.61. The van der Waals surface area contributed by atoms with Crippen LogP contribution in [0.2, 0.25) is 0 Å². The molecule has 0 atom stereocenters. The molecule has 0 saturated carbocycles. The van der Waals surface area contributed by atoms with Gasteiger partial charge in [0.25, 0.3) is 0 Å². The molecule has 1 aliphatic rings. The molecule has 0 radical (unpaired) electrons. The van der Waals surface area contributed by atoms with Crippen LogP contribution >= 0.6 is 0 Å². The monoisotopic (exact) mass is 349 g/mol. The molecule has 3 heterocycles. The van der Waals surface area contributed by atoms with Crippen LogP contribution in [0.3, 0.4) is 0 Å². The Morgan fingerprint density at radius 2 is 1.69 bits per heavy atom. The molecule has 0 bridgehead atoms. The van der Waals surface area contributed by atoms with Crippen molar-refractivity contribution in [1.82, 2.24) is 19.9 Å². The minimum Gasteiger partial charge on any atom is -0.460 e. The van der Waals surface area contributed by atoms with Crippen molar-refractivity contribution in [3.8, 4) is 6.01 Å². The van der Waals surface area contributed by atoms with Crippen LogP contribution in [-0.2, 0) is 6.42 Å². The fraction of sp³-hybridized carbons (Fsp3) is 0.400. The predicted octanol–water partition coefficient (Wildman–Crippen LogP) is 3.34. The molecule has 3 aromatic rings. The molecule has 1 aromatic carbocycles. The summed E-state index contributed by atoms with van der Waals surface area (Å²) in [5.41, 5.74) is 3.98. The van der Waals surface area contributed by atoms with Crippen LogP contribution in [0.5, 0.6) is 6.01 Å². The van der Waals surface area contributed by atoms with Crippen molar-refractivity contribution >= 4 is 16.9 Å². The first-order valence-electron chi connectivity index (χ1n) is 9.19. The largest absolute Gasteiger partial charge is 0.460 e. The molecule has 6 heteroatoms. The van der Waals surface area contributed by atoms with Gasteiger partial charge in [-0.3, -0.25) is 0 Å². The Balaban J connectivity index is 1.42. The Morgan fingerprint density at radius 3 is 2.35 bits per heavy atom. The van der Waals surface area contributed by atoms with Gasteiger partial charge >= 0.3 is 6.01 Å². The number of aryl methyl sites for hydroxylation is 2. The van der Waals surface area contributed by atoms with Gasteiger partial charge in [0.05, 0.1) is 16.7 Å². The molecule has 0 spiro atoms. The van der Waals surface area contributed by atoms with Crippen LogP contribution in [0.15, 0.2) is 36.7 Å². The van der Waals surface area contributed by atoms with Gasteiger partial charge in [-0.05, 0) is 31.0 Å². The number of ether oxygens (including phenoxy) is 1. The van der Waals surface area contributed by atoms with Crippen molar-refractivity contribution in [2.75, 3.05) is 18.0 Å². The number of piperidine rings is 1. The molecule has 2 aromatic heterocycles. The summed E-state index contributed by atoms with van der Waals surface area (Å²) in [7, 11) is 0. The van der Waals surface area contributed by atoms with Crippen LogP contribution in [0, 0.1) is 6.92 Å². The zero-order valence-corrected chi connectivity index (χ0v) is 15.2. The highest BCUT2D eigenvalue weighted by Crippen LogP contribution is 2.24. The number of hydrogen-bond acceptors (Lipinski definition) is 6. The molecule has 0 unspecified atom stereocenters. The standard InChI is InChI=1S/C20H23N5O/c1-3-15-12-21-20(22-13-15)26-16-8-10-25(11-9-16)19-14(2)23-17-6-4-5-7-18(17)24-19/h4-7,12-13,16H,3,8-11H2,1-2H3. The molecule has 26 heavy (non-hydrogen) atoms. The van der Waals surface area contributed by atoms with E-state index in [-0.39, 0.29) is 6.10 Å². The summed E-state index contributed by atoms with van der Waals surface area (Å²) in [4.78, 5) is 20.4. The van der Waals surface area contributed by atoms with Gasteiger partial charge in [-0.25, -0.2) is 19.9 Å². The third-order valence-electron chi connectivity index (χ3n) is 4.82. The Hall–Kier alpha value is -2.76. The summed E-state index contributed by atoms with van der Waals surface area (Å²) < 4.78 is 5.95. The highest BCUT2D eigenvalue weighted by Gasteiger charge is 2.23. The fourth-order valence-electron chi connectivity index (χ4n) is 3.30. The van der Waals surface area contributed by atoms with Gasteiger partial charge < -0.3 is 9.64 Å². The number of anilines is 1. The average molecular weight is 349 g/mol. The summed E-state index contributed by atoms with van der Waals surface area (Å²) in [6, 6.07) is 8.48. The smallest absolute Gasteiger partial charge is 0.316 e. The zero-order valence-electron chi connectivity index (χ0n) is 15.2. The van der Waals surface area contributed by atoms with E-state index in [0.717, 1.165) is 60.5 Å². The Bertz CT molecular complexity index is 888. The second kappa shape index (κ2) is 7.23. The van der Waals surface area contributed by atoms with Crippen molar-refractivity contribution in [1.29, 1.82) is 0 Å². The van der Waals surface area contributed by atoms with Gasteiger partial charge in [0.15, 0.2) is 5.82 Å². The number of hydrogen-bond donors (Lipinski definition) is 0. The molecular weight excluding hydrogens is 326 g/mol. The lowest BCUT2D eigenvalue weighted by Crippen LogP contribution is -2.39. The van der Waals surface area contributed by atoms with Crippen LogP contribution in [-0.4, -0.2) is 39.1 Å². The topological polar surface area (TPSA) is 64.0 Å². The fourth-order valence-corrected chi connectivity index (χ4v) is 3.30. The summed E-state index contributed by atoms with van der Waals surface area (Å²) >= 11 is 0. The third-order valence-corrected chi connectivity index (χ3v) is 4.82. The Labute approximate surface area is 153 Å². The lowest BCUT2D eigenvalue weighted by atomic mass is 10.1. The van der Waals surface area contributed by atoms with Crippen LogP contribution in [0.25, 0.3) is 11.0 Å². The first-order chi connectivity index (χ1) is 12.7. The van der Waals surface area contributed by atoms with Gasteiger partial charge in [-0.15, -0.1) is 0 Å². The number of nitrogens with zero attached hydrogens (tertiary/aromatic N) is 5. The number of aromatic nitrogens is 4. The van der Waals surface area contributed by atoms with Gasteiger partial charge in [-0.1, -0.05) is 19.1 Å². The van der Waals surface area contributed by atoms with E-state index in [1.807, 2.05) is 43.6 Å². The van der Waals surface area contributed by atoms with Gasteiger partial charge in [0, 0.05) is 38.3 Å². The van der Waals surface area contributed by atoms with Crippen LogP contribution in [0.4, 0.5) is 5.82 Å². The SMILES string of the molecule is CCc1cnc(OC2CCN(c3nc4ccccc4nc3C)CC2)nc1. The maximum Gasteiger partial charge on any atom is 0.316 e. The average Bonchev–Trinajstić information content (AvgIpc) is 2.69. The molecule has 0 amide bonds. The molecule has 0 N–H and O–H groups in total. The minimum atomic E-state index is 0.146. The summed E-state index contributed by atoms with van der Waals surface area (Å²) in [6.45, 7) is 5.91. The quantitative estimate of drug-likeness (QED) is 0.720. The predicted molar refractivity (Wildman–Crippen MR) is 102 cm³/mol. The Kier molecular flexibility index (Phi) is 4.65. The highest BCUT2D eigenvalue weighted by atomic mass is 16.5. The molecule has 1 saturated heterocycles. The molecular formula is C20H23N5O.